The van der Waals surface area contributed by atoms with Gasteiger partial charge in [-0.15, -0.1) is 0 Å². The highest BCUT2D eigenvalue weighted by atomic mass is 16.2. The monoisotopic (exact) mass is 508 g/mol. The van der Waals surface area contributed by atoms with Crippen molar-refractivity contribution in [3.8, 4) is 0 Å². The highest BCUT2D eigenvalue weighted by Crippen LogP contribution is 2.26. The molecule has 1 aliphatic heterocycles. The maximum absolute atomic E-state index is 13.4. The number of nitrogens with one attached hydrogen (secondary N) is 3. The standard InChI is InChI=1S/C29H28N6O3/c1-3-26(36)31-22-10-5-8-20(16-22)17-35-25-12-14-34(29(38)24-11-6-13-30-24)18-23(25)27(33-35)28(37)32-21-9-4-7-19(2)15-21/h3-11,13,15-16,30H,1,12,14,17-18H2,2H3,(H,31,36)(H,32,37). The molecule has 0 radical (unpaired) electrons. The van der Waals surface area contributed by atoms with Gasteiger partial charge < -0.3 is 20.5 Å². The number of aryl methyl sites for hydroxylation is 1. The minimum absolute atomic E-state index is 0.121. The molecule has 0 bridgehead atoms. The number of H-pyrrole nitrogens is 1. The SMILES string of the molecule is C=CC(=O)Nc1cccc(Cn2nc(C(=O)Nc3cccc(C)c3)c3c2CCN(C(=O)c2ccc[nH]2)C3)c1. The van der Waals surface area contributed by atoms with E-state index in [-0.39, 0.29) is 24.3 Å². The molecule has 0 unspecified atom stereocenters. The third-order valence-corrected chi connectivity index (χ3v) is 6.45. The Morgan fingerprint density at radius 2 is 1.84 bits per heavy atom. The predicted molar refractivity (Wildman–Crippen MR) is 145 cm³/mol. The van der Waals surface area contributed by atoms with Gasteiger partial charge in [-0.1, -0.05) is 30.8 Å². The summed E-state index contributed by atoms with van der Waals surface area (Å²) in [5.41, 5.74) is 5.71. The first kappa shape index (κ1) is 24.8. The minimum Gasteiger partial charge on any atom is -0.357 e. The van der Waals surface area contributed by atoms with Crippen LogP contribution in [-0.4, -0.2) is 43.9 Å². The van der Waals surface area contributed by atoms with Gasteiger partial charge in [0.05, 0.1) is 13.1 Å². The molecule has 0 saturated carbocycles. The van der Waals surface area contributed by atoms with E-state index in [2.05, 4.69) is 22.2 Å². The second-order valence-electron chi connectivity index (χ2n) is 9.21. The van der Waals surface area contributed by atoms with Crippen molar-refractivity contribution in [2.75, 3.05) is 17.2 Å². The molecule has 5 rings (SSSR count). The van der Waals surface area contributed by atoms with E-state index in [4.69, 9.17) is 5.10 Å². The number of carbonyl (C=O) groups excluding carboxylic acids is 3. The van der Waals surface area contributed by atoms with E-state index in [1.165, 1.54) is 6.08 Å². The number of anilines is 2. The summed E-state index contributed by atoms with van der Waals surface area (Å²) in [6.07, 6.45) is 3.49. The van der Waals surface area contributed by atoms with E-state index in [0.29, 0.717) is 42.3 Å². The van der Waals surface area contributed by atoms with Crippen LogP contribution in [0, 0.1) is 6.92 Å². The summed E-state index contributed by atoms with van der Waals surface area (Å²) in [5.74, 6) is -0.739. The van der Waals surface area contributed by atoms with Crippen molar-refractivity contribution in [3.05, 3.63) is 113 Å². The van der Waals surface area contributed by atoms with Crippen molar-refractivity contribution < 1.29 is 14.4 Å². The third-order valence-electron chi connectivity index (χ3n) is 6.45. The van der Waals surface area contributed by atoms with Crippen LogP contribution in [0.3, 0.4) is 0 Å². The topological polar surface area (TPSA) is 112 Å². The number of hydrogen-bond acceptors (Lipinski definition) is 4. The lowest BCUT2D eigenvalue weighted by Gasteiger charge is -2.27. The van der Waals surface area contributed by atoms with Gasteiger partial charge in [0.15, 0.2) is 5.69 Å². The van der Waals surface area contributed by atoms with Crippen LogP contribution in [-0.2, 0) is 24.3 Å². The molecule has 38 heavy (non-hydrogen) atoms. The van der Waals surface area contributed by atoms with Crippen LogP contribution in [0.1, 0.15) is 43.4 Å². The Hall–Kier alpha value is -4.92. The molecule has 0 saturated heterocycles. The maximum Gasteiger partial charge on any atom is 0.276 e. The first-order chi connectivity index (χ1) is 18.4. The molecule has 0 spiro atoms. The Labute approximate surface area is 220 Å². The third kappa shape index (κ3) is 5.27. The normalized spacial score (nSPS) is 12.5. The average molecular weight is 509 g/mol. The minimum atomic E-state index is -0.327. The van der Waals surface area contributed by atoms with E-state index < -0.39 is 0 Å². The summed E-state index contributed by atoms with van der Waals surface area (Å²) in [4.78, 5) is 42.9. The first-order valence-electron chi connectivity index (χ1n) is 12.3. The molecule has 0 atom stereocenters. The molecule has 3 N–H and O–H groups in total. The number of fused-ring (bicyclic) bond motifs is 1. The summed E-state index contributed by atoms with van der Waals surface area (Å²) in [6, 6.07) is 18.6. The number of rotatable bonds is 7. The molecule has 3 amide bonds. The second kappa shape index (κ2) is 10.6. The van der Waals surface area contributed by atoms with Crippen molar-refractivity contribution in [2.24, 2.45) is 0 Å². The Bertz CT molecular complexity index is 1520. The van der Waals surface area contributed by atoms with Crippen molar-refractivity contribution in [1.82, 2.24) is 19.7 Å². The Kier molecular flexibility index (Phi) is 6.90. The van der Waals surface area contributed by atoms with Crippen LogP contribution in [0.2, 0.25) is 0 Å². The molecule has 9 heteroatoms. The highest BCUT2D eigenvalue weighted by molar-refractivity contribution is 6.04. The van der Waals surface area contributed by atoms with E-state index in [0.717, 1.165) is 22.4 Å². The molecule has 9 nitrogen and oxygen atoms in total. The van der Waals surface area contributed by atoms with Crippen LogP contribution >= 0.6 is 0 Å². The Morgan fingerprint density at radius 3 is 2.58 bits per heavy atom. The van der Waals surface area contributed by atoms with Crippen molar-refractivity contribution in [2.45, 2.75) is 26.4 Å². The van der Waals surface area contributed by atoms with Gasteiger partial charge in [-0.2, -0.15) is 5.10 Å². The number of aromatic amines is 1. The lowest BCUT2D eigenvalue weighted by atomic mass is 10.0. The fourth-order valence-electron chi connectivity index (χ4n) is 4.64. The first-order valence-corrected chi connectivity index (χ1v) is 12.3. The van der Waals surface area contributed by atoms with Gasteiger partial charge >= 0.3 is 0 Å². The van der Waals surface area contributed by atoms with Gasteiger partial charge in [0, 0.05) is 41.8 Å². The molecular weight excluding hydrogens is 480 g/mol. The highest BCUT2D eigenvalue weighted by Gasteiger charge is 2.31. The zero-order chi connectivity index (χ0) is 26.6. The van der Waals surface area contributed by atoms with Crippen LogP contribution < -0.4 is 10.6 Å². The van der Waals surface area contributed by atoms with Crippen LogP contribution in [0.15, 0.2) is 79.5 Å². The predicted octanol–water partition coefficient (Wildman–Crippen LogP) is 4.14. The number of hydrogen-bond donors (Lipinski definition) is 3. The fourth-order valence-corrected chi connectivity index (χ4v) is 4.64. The quantitative estimate of drug-likeness (QED) is 0.326. The summed E-state index contributed by atoms with van der Waals surface area (Å²) in [6.45, 7) is 6.64. The van der Waals surface area contributed by atoms with Crippen LogP contribution in [0.4, 0.5) is 11.4 Å². The number of aromatic nitrogens is 3. The van der Waals surface area contributed by atoms with E-state index >= 15 is 0 Å². The van der Waals surface area contributed by atoms with Crippen LogP contribution in [0.25, 0.3) is 0 Å². The smallest absolute Gasteiger partial charge is 0.276 e. The van der Waals surface area contributed by atoms with Gasteiger partial charge in [0.2, 0.25) is 5.91 Å². The zero-order valence-corrected chi connectivity index (χ0v) is 21.0. The number of benzene rings is 2. The summed E-state index contributed by atoms with van der Waals surface area (Å²) in [5, 5.41) is 10.4. The number of nitrogens with zero attached hydrogens (tertiary/aromatic N) is 3. The number of carbonyl (C=O) groups is 3. The Morgan fingerprint density at radius 1 is 1.05 bits per heavy atom. The molecule has 192 valence electrons. The van der Waals surface area contributed by atoms with Gasteiger partial charge in [0.25, 0.3) is 11.8 Å². The van der Waals surface area contributed by atoms with E-state index in [9.17, 15) is 14.4 Å². The lowest BCUT2D eigenvalue weighted by Crippen LogP contribution is -2.37. The van der Waals surface area contributed by atoms with Crippen molar-refractivity contribution in [3.63, 3.8) is 0 Å². The summed E-state index contributed by atoms with van der Waals surface area (Å²) in [7, 11) is 0. The molecule has 0 aliphatic carbocycles. The second-order valence-corrected chi connectivity index (χ2v) is 9.21. The van der Waals surface area contributed by atoms with Crippen molar-refractivity contribution >= 4 is 29.1 Å². The summed E-state index contributed by atoms with van der Waals surface area (Å²) >= 11 is 0. The largest absolute Gasteiger partial charge is 0.357 e. The lowest BCUT2D eigenvalue weighted by molar-refractivity contribution is -0.111. The van der Waals surface area contributed by atoms with Gasteiger partial charge in [0.1, 0.15) is 5.69 Å². The number of amides is 3. The zero-order valence-electron chi connectivity index (χ0n) is 21.0. The summed E-state index contributed by atoms with van der Waals surface area (Å²) < 4.78 is 1.82. The molecule has 2 aromatic carbocycles. The van der Waals surface area contributed by atoms with Gasteiger partial charge in [-0.05, 0) is 60.5 Å². The molecule has 1 aliphatic rings. The van der Waals surface area contributed by atoms with Crippen molar-refractivity contribution in [1.29, 1.82) is 0 Å². The van der Waals surface area contributed by atoms with E-state index in [1.54, 1.807) is 29.3 Å². The molecule has 3 heterocycles. The molecule has 0 fully saturated rings. The van der Waals surface area contributed by atoms with Crippen LogP contribution in [0.5, 0.6) is 0 Å². The van der Waals surface area contributed by atoms with Gasteiger partial charge in [-0.25, -0.2) is 0 Å². The Balaban J connectivity index is 1.46. The molecule has 2 aromatic heterocycles. The van der Waals surface area contributed by atoms with Gasteiger partial charge in [-0.3, -0.25) is 19.1 Å². The van der Waals surface area contributed by atoms with E-state index in [1.807, 2.05) is 54.1 Å². The fraction of sp³-hybridized carbons (Fsp3) is 0.172. The maximum atomic E-state index is 13.4. The average Bonchev–Trinajstić information content (AvgIpc) is 3.57. The molecule has 4 aromatic rings. The molecular formula is C29H28N6O3.